The zero-order chi connectivity index (χ0) is 21.9. The van der Waals surface area contributed by atoms with Crippen LogP contribution in [-0.4, -0.2) is 62.7 Å². The van der Waals surface area contributed by atoms with Crippen LogP contribution in [0.25, 0.3) is 0 Å². The number of nitrogens with zero attached hydrogens (tertiary/aromatic N) is 2. The highest BCUT2D eigenvalue weighted by atomic mass is 79.9. The van der Waals surface area contributed by atoms with Crippen molar-refractivity contribution < 1.29 is 18.0 Å². The summed E-state index contributed by atoms with van der Waals surface area (Å²) in [6.07, 6.45) is 0. The Morgan fingerprint density at radius 3 is 2.33 bits per heavy atom. The number of likely N-dealkylation sites (N-methyl/N-ethyl adjacent to an activating group) is 1. The third-order valence-electron chi connectivity index (χ3n) is 4.74. The molecule has 1 aliphatic rings. The average molecular weight is 495 g/mol. The van der Waals surface area contributed by atoms with E-state index in [0.29, 0.717) is 37.6 Å². The summed E-state index contributed by atoms with van der Waals surface area (Å²) in [6, 6.07) is 11.0. The Balaban J connectivity index is 1.84. The van der Waals surface area contributed by atoms with Gasteiger partial charge in [0.1, 0.15) is 0 Å². The van der Waals surface area contributed by atoms with Crippen molar-refractivity contribution in [3.63, 3.8) is 0 Å². The lowest BCUT2D eigenvalue weighted by Crippen LogP contribution is -2.47. The number of anilines is 2. The summed E-state index contributed by atoms with van der Waals surface area (Å²) in [6.45, 7) is 3.52. The van der Waals surface area contributed by atoms with Gasteiger partial charge in [-0.3, -0.25) is 9.59 Å². The number of carbonyl (C=O) groups is 2. The number of halogens is 1. The molecule has 0 radical (unpaired) electrons. The van der Waals surface area contributed by atoms with Gasteiger partial charge in [0, 0.05) is 43.1 Å². The normalized spacial score (nSPS) is 15.6. The minimum atomic E-state index is -3.68. The van der Waals surface area contributed by atoms with E-state index in [1.165, 1.54) is 23.4 Å². The van der Waals surface area contributed by atoms with Gasteiger partial charge in [-0.15, -0.1) is 0 Å². The molecule has 8 nitrogen and oxygen atoms in total. The highest BCUT2D eigenvalue weighted by Gasteiger charge is 2.28. The summed E-state index contributed by atoms with van der Waals surface area (Å²) in [5, 5.41) is 5.40. The van der Waals surface area contributed by atoms with Gasteiger partial charge >= 0.3 is 0 Å². The SMILES string of the molecule is CC(=O)Nc1ccc(Br)cc1NC(=O)c1cccc(S(=O)(=O)N2CCN(C)CC2)c1. The maximum absolute atomic E-state index is 13.0. The maximum atomic E-state index is 13.0. The molecule has 30 heavy (non-hydrogen) atoms. The molecule has 0 spiro atoms. The standard InChI is InChI=1S/C20H23BrN4O4S/c1-14(26)22-18-7-6-16(21)13-19(18)23-20(27)15-4-3-5-17(12-15)30(28,29)25-10-8-24(2)9-11-25/h3-7,12-13H,8-11H2,1-2H3,(H,22,26)(H,23,27). The Bertz CT molecular complexity index is 1070. The zero-order valence-corrected chi connectivity index (χ0v) is 19.1. The van der Waals surface area contributed by atoms with Gasteiger partial charge in [0.05, 0.1) is 16.3 Å². The topological polar surface area (TPSA) is 98.8 Å². The van der Waals surface area contributed by atoms with Gasteiger partial charge in [0.25, 0.3) is 5.91 Å². The first-order valence-corrected chi connectivity index (χ1v) is 11.6. The fourth-order valence-corrected chi connectivity index (χ4v) is 4.92. The number of benzene rings is 2. The summed E-state index contributed by atoms with van der Waals surface area (Å²) in [7, 11) is -1.73. The second-order valence-electron chi connectivity index (χ2n) is 7.06. The minimum Gasteiger partial charge on any atom is -0.325 e. The predicted octanol–water partition coefficient (Wildman–Crippen LogP) is 2.60. The molecule has 1 saturated heterocycles. The van der Waals surface area contributed by atoms with Crippen molar-refractivity contribution in [2.45, 2.75) is 11.8 Å². The molecule has 1 aliphatic heterocycles. The largest absolute Gasteiger partial charge is 0.325 e. The number of hydrogen-bond donors (Lipinski definition) is 2. The number of carbonyl (C=O) groups excluding carboxylic acids is 2. The molecular formula is C20H23BrN4O4S. The van der Waals surface area contributed by atoms with Crippen molar-refractivity contribution in [1.29, 1.82) is 0 Å². The molecule has 160 valence electrons. The number of nitrogens with one attached hydrogen (secondary N) is 2. The first-order chi connectivity index (χ1) is 14.2. The maximum Gasteiger partial charge on any atom is 0.255 e. The molecule has 2 N–H and O–H groups in total. The van der Waals surface area contributed by atoms with Crippen LogP contribution >= 0.6 is 15.9 Å². The van der Waals surface area contributed by atoms with Gasteiger partial charge in [0.2, 0.25) is 15.9 Å². The van der Waals surface area contributed by atoms with Gasteiger partial charge in [-0.05, 0) is 43.4 Å². The lowest BCUT2D eigenvalue weighted by Gasteiger charge is -2.31. The molecule has 0 bridgehead atoms. The number of piperazine rings is 1. The summed E-state index contributed by atoms with van der Waals surface area (Å²) in [4.78, 5) is 26.4. The number of sulfonamides is 1. The van der Waals surface area contributed by atoms with Gasteiger partial charge in [-0.25, -0.2) is 8.42 Å². The minimum absolute atomic E-state index is 0.0797. The van der Waals surface area contributed by atoms with E-state index in [2.05, 4.69) is 31.5 Å². The summed E-state index contributed by atoms with van der Waals surface area (Å²) < 4.78 is 28.1. The number of amides is 2. The molecule has 0 atom stereocenters. The Labute approximate surface area is 184 Å². The van der Waals surface area contributed by atoms with E-state index in [1.807, 2.05) is 7.05 Å². The molecule has 10 heteroatoms. The van der Waals surface area contributed by atoms with Crippen molar-refractivity contribution in [2.24, 2.45) is 0 Å². The van der Waals surface area contributed by atoms with Crippen LogP contribution in [0.2, 0.25) is 0 Å². The zero-order valence-electron chi connectivity index (χ0n) is 16.7. The highest BCUT2D eigenvalue weighted by molar-refractivity contribution is 9.10. The second kappa shape index (κ2) is 9.25. The first-order valence-electron chi connectivity index (χ1n) is 9.34. The molecule has 2 amide bonds. The summed E-state index contributed by atoms with van der Waals surface area (Å²) in [5.74, 6) is -0.747. The van der Waals surface area contributed by atoms with Crippen LogP contribution in [0.1, 0.15) is 17.3 Å². The molecule has 1 heterocycles. The molecular weight excluding hydrogens is 472 g/mol. The van der Waals surface area contributed by atoms with Gasteiger partial charge in [-0.1, -0.05) is 22.0 Å². The summed E-state index contributed by atoms with van der Waals surface area (Å²) in [5.41, 5.74) is 1.05. The van der Waals surface area contributed by atoms with E-state index in [9.17, 15) is 18.0 Å². The average Bonchev–Trinajstić information content (AvgIpc) is 2.70. The van der Waals surface area contributed by atoms with Gasteiger partial charge < -0.3 is 15.5 Å². The number of rotatable bonds is 5. The molecule has 0 unspecified atom stereocenters. The van der Waals surface area contributed by atoms with Crippen LogP contribution in [0.15, 0.2) is 51.8 Å². The van der Waals surface area contributed by atoms with E-state index in [1.54, 1.807) is 30.3 Å². The van der Waals surface area contributed by atoms with Crippen molar-refractivity contribution >= 4 is 49.1 Å². The van der Waals surface area contributed by atoms with Gasteiger partial charge in [-0.2, -0.15) is 4.31 Å². The van der Waals surface area contributed by atoms with E-state index in [-0.39, 0.29) is 16.4 Å². The predicted molar refractivity (Wildman–Crippen MR) is 119 cm³/mol. The van der Waals surface area contributed by atoms with Crippen LogP contribution in [0.3, 0.4) is 0 Å². The Kier molecular flexibility index (Phi) is 6.91. The van der Waals surface area contributed by atoms with Gasteiger partial charge in [0.15, 0.2) is 0 Å². The van der Waals surface area contributed by atoms with Crippen LogP contribution in [0, 0.1) is 0 Å². The quantitative estimate of drug-likeness (QED) is 0.665. The summed E-state index contributed by atoms with van der Waals surface area (Å²) >= 11 is 3.34. The lowest BCUT2D eigenvalue weighted by atomic mass is 10.2. The molecule has 2 aromatic rings. The molecule has 0 aliphatic carbocycles. The molecule has 0 aromatic heterocycles. The van der Waals surface area contributed by atoms with Crippen LogP contribution < -0.4 is 10.6 Å². The van der Waals surface area contributed by atoms with Crippen molar-refractivity contribution in [3.8, 4) is 0 Å². The highest BCUT2D eigenvalue weighted by Crippen LogP contribution is 2.27. The smallest absolute Gasteiger partial charge is 0.255 e. The van der Waals surface area contributed by atoms with Crippen molar-refractivity contribution in [2.75, 3.05) is 43.9 Å². The van der Waals surface area contributed by atoms with Crippen LogP contribution in [-0.2, 0) is 14.8 Å². The van der Waals surface area contributed by atoms with E-state index >= 15 is 0 Å². The fourth-order valence-electron chi connectivity index (χ4n) is 3.09. The Hall–Kier alpha value is -2.27. The first kappa shape index (κ1) is 22.4. The van der Waals surface area contributed by atoms with Crippen molar-refractivity contribution in [3.05, 3.63) is 52.5 Å². The molecule has 0 saturated carbocycles. The number of hydrogen-bond acceptors (Lipinski definition) is 5. The van der Waals surface area contributed by atoms with E-state index in [0.717, 1.165) is 4.47 Å². The monoisotopic (exact) mass is 494 g/mol. The second-order valence-corrected chi connectivity index (χ2v) is 9.91. The third-order valence-corrected chi connectivity index (χ3v) is 7.12. The van der Waals surface area contributed by atoms with Crippen molar-refractivity contribution in [1.82, 2.24) is 9.21 Å². The Morgan fingerprint density at radius 1 is 0.967 bits per heavy atom. The van der Waals surface area contributed by atoms with Crippen LogP contribution in [0.5, 0.6) is 0 Å². The molecule has 2 aromatic carbocycles. The third kappa shape index (κ3) is 5.25. The van der Waals surface area contributed by atoms with E-state index < -0.39 is 15.9 Å². The fraction of sp³-hybridized carbons (Fsp3) is 0.300. The molecule has 1 fully saturated rings. The van der Waals surface area contributed by atoms with Crippen LogP contribution in [0.4, 0.5) is 11.4 Å². The van der Waals surface area contributed by atoms with E-state index in [4.69, 9.17) is 0 Å². The molecule has 3 rings (SSSR count). The lowest BCUT2D eigenvalue weighted by molar-refractivity contribution is -0.114. The Morgan fingerprint density at radius 2 is 1.67 bits per heavy atom.